The summed E-state index contributed by atoms with van der Waals surface area (Å²) in [5.74, 6) is 0.770. The minimum atomic E-state index is -1.20. The highest BCUT2D eigenvalue weighted by Crippen LogP contribution is 2.36. The molecule has 0 fully saturated rings. The van der Waals surface area contributed by atoms with Crippen LogP contribution < -0.4 is 35.0 Å². The summed E-state index contributed by atoms with van der Waals surface area (Å²) >= 11 is 0. The molecular weight excluding hydrogens is 635 g/mol. The fourth-order valence-corrected chi connectivity index (χ4v) is 5.09. The number of carbonyl (C=O) groups is 2. The van der Waals surface area contributed by atoms with Crippen molar-refractivity contribution in [3.63, 3.8) is 0 Å². The molecule has 0 radical (unpaired) electrons. The first kappa shape index (κ1) is 36.3. The average Bonchev–Trinajstić information content (AvgIpc) is 3.07. The summed E-state index contributed by atoms with van der Waals surface area (Å²) in [5, 5.41) is 20.1. The number of benzene rings is 3. The second-order valence-corrected chi connectivity index (χ2v) is 10.8. The molecule has 49 heavy (non-hydrogen) atoms. The molecule has 0 bridgehead atoms. The van der Waals surface area contributed by atoms with Crippen molar-refractivity contribution in [3.8, 4) is 23.0 Å². The van der Waals surface area contributed by atoms with E-state index in [1.54, 1.807) is 56.3 Å². The number of hydrazone groups is 1. The Morgan fingerprint density at radius 1 is 1.06 bits per heavy atom. The Morgan fingerprint density at radius 2 is 1.84 bits per heavy atom. The third-order valence-electron chi connectivity index (χ3n) is 7.20. The first-order chi connectivity index (χ1) is 23.7. The molecule has 1 heterocycles. The van der Waals surface area contributed by atoms with Crippen molar-refractivity contribution < 1.29 is 42.8 Å². The predicted molar refractivity (Wildman–Crippen MR) is 181 cm³/mol. The molecule has 13 heteroatoms. The Hall–Kier alpha value is -5.56. The number of aliphatic hydroxyl groups is 1. The molecule has 260 valence electrons. The van der Waals surface area contributed by atoms with Crippen LogP contribution in [-0.4, -0.2) is 56.5 Å². The number of esters is 1. The molecule has 4 N–H and O–H groups in total. The second kappa shape index (κ2) is 17.6. The normalized spacial score (nSPS) is 14.8. The van der Waals surface area contributed by atoms with Gasteiger partial charge in [0.25, 0.3) is 0 Å². The van der Waals surface area contributed by atoms with E-state index in [9.17, 15) is 19.1 Å². The van der Waals surface area contributed by atoms with Crippen molar-refractivity contribution in [1.29, 1.82) is 0 Å². The van der Waals surface area contributed by atoms with Crippen LogP contribution in [0, 0.1) is 5.82 Å². The van der Waals surface area contributed by atoms with E-state index in [-0.39, 0.29) is 24.6 Å². The number of hydrogen-bond acceptors (Lipinski definition) is 10. The molecule has 0 saturated heterocycles. The summed E-state index contributed by atoms with van der Waals surface area (Å²) in [6.07, 6.45) is 2.55. The Balaban J connectivity index is 1.44. The summed E-state index contributed by atoms with van der Waals surface area (Å²) in [7, 11) is 1.27. The minimum Gasteiger partial charge on any atom is -0.490 e. The first-order valence-corrected chi connectivity index (χ1v) is 15.7. The lowest BCUT2D eigenvalue weighted by Gasteiger charge is -2.28. The maximum Gasteiger partial charge on any atom is 0.337 e. The van der Waals surface area contributed by atoms with Gasteiger partial charge in [0, 0.05) is 11.3 Å². The van der Waals surface area contributed by atoms with Crippen molar-refractivity contribution in [3.05, 3.63) is 107 Å². The van der Waals surface area contributed by atoms with Crippen LogP contribution >= 0.6 is 0 Å². The van der Waals surface area contributed by atoms with E-state index in [0.29, 0.717) is 65.0 Å². The molecule has 0 unspecified atom stereocenters. The van der Waals surface area contributed by atoms with Gasteiger partial charge in [0.2, 0.25) is 0 Å². The highest BCUT2D eigenvalue weighted by atomic mass is 19.1. The summed E-state index contributed by atoms with van der Waals surface area (Å²) in [6, 6.07) is 13.6. The quantitative estimate of drug-likeness (QED) is 0.0507. The second-order valence-electron chi connectivity index (χ2n) is 10.8. The number of nitrogens with one attached hydrogen (secondary N) is 3. The molecule has 2 amide bonds. The summed E-state index contributed by atoms with van der Waals surface area (Å²) in [5.41, 5.74) is 5.99. The van der Waals surface area contributed by atoms with Crippen LogP contribution in [0.3, 0.4) is 0 Å². The van der Waals surface area contributed by atoms with E-state index in [1.807, 2.05) is 13.0 Å². The number of aliphatic hydroxyl groups excluding tert-OH is 1. The van der Waals surface area contributed by atoms with E-state index in [2.05, 4.69) is 27.7 Å². The number of nitrogens with zero attached hydrogens (tertiary/aromatic N) is 1. The highest BCUT2D eigenvalue weighted by Gasteiger charge is 2.32. The first-order valence-electron chi connectivity index (χ1n) is 15.7. The van der Waals surface area contributed by atoms with Gasteiger partial charge in [-0.15, -0.1) is 6.58 Å². The lowest BCUT2D eigenvalue weighted by atomic mass is 9.95. The lowest BCUT2D eigenvalue weighted by molar-refractivity contribution is -0.136. The largest absolute Gasteiger partial charge is 0.490 e. The summed E-state index contributed by atoms with van der Waals surface area (Å²) in [6.45, 7) is 9.78. The Labute approximate surface area is 284 Å². The van der Waals surface area contributed by atoms with E-state index in [0.717, 1.165) is 5.56 Å². The number of carbonyl (C=O) groups excluding carboxylic acids is 2. The molecule has 1 aliphatic heterocycles. The number of amides is 2. The maximum atomic E-state index is 13.7. The van der Waals surface area contributed by atoms with Gasteiger partial charge < -0.3 is 39.4 Å². The number of methoxy groups -OCH3 is 1. The molecular formula is C36H41FN4O8. The molecule has 2 atom stereocenters. The topological polar surface area (TPSA) is 149 Å². The molecule has 12 nitrogen and oxygen atoms in total. The number of urea groups is 1. The van der Waals surface area contributed by atoms with Crippen molar-refractivity contribution in [2.75, 3.05) is 26.9 Å². The Bertz CT molecular complexity index is 1710. The van der Waals surface area contributed by atoms with E-state index in [4.69, 9.17) is 23.7 Å². The molecule has 0 aromatic heterocycles. The van der Waals surface area contributed by atoms with Crippen LogP contribution in [0.4, 0.5) is 9.18 Å². The van der Waals surface area contributed by atoms with Gasteiger partial charge in [0.1, 0.15) is 19.0 Å². The molecule has 0 saturated carbocycles. The number of ether oxygens (including phenoxy) is 5. The smallest absolute Gasteiger partial charge is 0.337 e. The third-order valence-corrected chi connectivity index (χ3v) is 7.20. The zero-order chi connectivity index (χ0) is 35.3. The van der Waals surface area contributed by atoms with E-state index in [1.165, 1.54) is 25.5 Å². The monoisotopic (exact) mass is 676 g/mol. The van der Waals surface area contributed by atoms with Gasteiger partial charge in [-0.25, -0.2) is 14.0 Å². The molecule has 3 aromatic carbocycles. The lowest BCUT2D eigenvalue weighted by Crippen LogP contribution is -2.45. The van der Waals surface area contributed by atoms with Gasteiger partial charge in [-0.2, -0.15) is 5.10 Å². The van der Waals surface area contributed by atoms with Gasteiger partial charge in [0.15, 0.2) is 29.2 Å². The van der Waals surface area contributed by atoms with Gasteiger partial charge >= 0.3 is 12.0 Å². The zero-order valence-corrected chi connectivity index (χ0v) is 27.9. The van der Waals surface area contributed by atoms with Crippen LogP contribution in [-0.2, 0) is 22.6 Å². The number of halogens is 1. The van der Waals surface area contributed by atoms with Crippen LogP contribution in [0.2, 0.25) is 0 Å². The van der Waals surface area contributed by atoms with Crippen molar-refractivity contribution >= 4 is 18.2 Å². The van der Waals surface area contributed by atoms with Gasteiger partial charge in [-0.3, -0.25) is 5.43 Å². The van der Waals surface area contributed by atoms with Gasteiger partial charge in [-0.1, -0.05) is 24.3 Å². The molecule has 1 aliphatic rings. The fourth-order valence-electron chi connectivity index (χ4n) is 5.09. The average molecular weight is 677 g/mol. The van der Waals surface area contributed by atoms with Crippen LogP contribution in [0.1, 0.15) is 49.1 Å². The number of rotatable bonds is 17. The third kappa shape index (κ3) is 9.73. The fraction of sp³-hybridized carbons (Fsp3) is 0.306. The molecule has 3 aromatic rings. The zero-order valence-electron chi connectivity index (χ0n) is 27.9. The molecule has 0 aliphatic carbocycles. The summed E-state index contributed by atoms with van der Waals surface area (Å²) < 4.78 is 42.1. The van der Waals surface area contributed by atoms with Crippen LogP contribution in [0.15, 0.2) is 83.6 Å². The summed E-state index contributed by atoms with van der Waals surface area (Å²) in [4.78, 5) is 24.7. The number of allylic oxidation sites excluding steroid dienone is 2. The van der Waals surface area contributed by atoms with Gasteiger partial charge in [0.05, 0.1) is 38.2 Å². The maximum absolute atomic E-state index is 13.7. The predicted octanol–water partition coefficient (Wildman–Crippen LogP) is 5.05. The Morgan fingerprint density at radius 3 is 2.55 bits per heavy atom. The van der Waals surface area contributed by atoms with Crippen molar-refractivity contribution in [2.45, 2.75) is 46.1 Å². The minimum absolute atomic E-state index is 0.150. The molecule has 4 rings (SSSR count). The highest BCUT2D eigenvalue weighted by molar-refractivity contribution is 5.95. The van der Waals surface area contributed by atoms with Crippen molar-refractivity contribution in [2.24, 2.45) is 5.10 Å². The molecule has 0 spiro atoms. The SMILES string of the molecule is C=CCc1cc(/C=N\N[C@H](O)COc2ccc([C@@H]3NC(=O)NC(C)=C3C(=O)OC)cc2OCC)cc(OCC)c1OCc1cccc(F)c1. The van der Waals surface area contributed by atoms with Crippen LogP contribution in [0.25, 0.3) is 0 Å². The van der Waals surface area contributed by atoms with E-state index < -0.39 is 24.3 Å². The van der Waals surface area contributed by atoms with E-state index >= 15 is 0 Å². The van der Waals surface area contributed by atoms with Gasteiger partial charge in [-0.05, 0) is 80.3 Å². The van der Waals surface area contributed by atoms with Crippen LogP contribution in [0.5, 0.6) is 23.0 Å². The Kier molecular flexibility index (Phi) is 13.0. The van der Waals surface area contributed by atoms with Crippen molar-refractivity contribution in [1.82, 2.24) is 16.1 Å². The standard InChI is InChI=1S/C36H41FN4O8/c1-6-10-26-15-24(17-30(47-8-3)34(26)49-20-23-11-9-12-27(37)16-23)19-38-41-31(42)21-48-28-14-13-25(18-29(28)46-7-2)33-32(35(43)45-5)22(4)39-36(44)40-33/h6,9,11-19,31,33,41-42H,1,7-8,10,20-21H2,2-5H3,(H2,39,40,44)/b38-19-/t31-,33+/m1/s1. The number of hydrogen-bond donors (Lipinski definition) is 4.